The van der Waals surface area contributed by atoms with Gasteiger partial charge in [-0.1, -0.05) is 37.3 Å². The number of carbonyl (C=O) groups is 2. The van der Waals surface area contributed by atoms with E-state index < -0.39 is 5.97 Å². The topological polar surface area (TPSA) is 60.7 Å². The number of aromatic nitrogens is 2. The van der Waals surface area contributed by atoms with Gasteiger partial charge in [0.25, 0.3) is 0 Å². The zero-order valence-electron chi connectivity index (χ0n) is 12.7. The van der Waals surface area contributed by atoms with Gasteiger partial charge in [-0.25, -0.2) is 9.78 Å². The molecule has 1 aromatic carbocycles. The third-order valence-electron chi connectivity index (χ3n) is 3.59. The maximum Gasteiger partial charge on any atom is 0.359 e. The van der Waals surface area contributed by atoms with E-state index in [1.54, 1.807) is 35.0 Å². The average molecular weight is 308 g/mol. The van der Waals surface area contributed by atoms with E-state index in [1.165, 1.54) is 0 Å². The number of esters is 1. The number of ether oxygens (including phenoxy) is 1. The lowest BCUT2D eigenvalue weighted by atomic mass is 10.1. The Balaban J connectivity index is 1.64. The molecule has 0 radical (unpaired) electrons. The molecule has 23 heavy (non-hydrogen) atoms. The Morgan fingerprint density at radius 3 is 2.61 bits per heavy atom. The molecule has 3 aromatic rings. The van der Waals surface area contributed by atoms with Crippen molar-refractivity contribution >= 4 is 17.4 Å². The molecule has 5 heteroatoms. The van der Waals surface area contributed by atoms with Crippen LogP contribution in [0, 0.1) is 0 Å². The van der Waals surface area contributed by atoms with E-state index in [9.17, 15) is 9.59 Å². The summed E-state index contributed by atoms with van der Waals surface area (Å²) in [5.41, 5.74) is 2.53. The van der Waals surface area contributed by atoms with Crippen molar-refractivity contribution in [1.82, 2.24) is 9.38 Å². The molecule has 2 heterocycles. The van der Waals surface area contributed by atoms with Crippen LogP contribution in [0.3, 0.4) is 0 Å². The van der Waals surface area contributed by atoms with Crippen LogP contribution in [-0.4, -0.2) is 27.7 Å². The number of benzene rings is 1. The summed E-state index contributed by atoms with van der Waals surface area (Å²) in [5, 5.41) is 0. The first kappa shape index (κ1) is 15.0. The van der Waals surface area contributed by atoms with Crippen molar-refractivity contribution in [3.63, 3.8) is 0 Å². The number of ketones is 1. The highest BCUT2D eigenvalue weighted by Crippen LogP contribution is 2.08. The monoisotopic (exact) mass is 308 g/mol. The van der Waals surface area contributed by atoms with Crippen LogP contribution in [0.2, 0.25) is 0 Å². The molecule has 0 saturated heterocycles. The number of carbonyl (C=O) groups excluding carboxylic acids is 2. The first-order valence-corrected chi connectivity index (χ1v) is 7.40. The third-order valence-corrected chi connectivity index (χ3v) is 3.59. The first-order chi connectivity index (χ1) is 11.2. The van der Waals surface area contributed by atoms with E-state index in [4.69, 9.17) is 4.74 Å². The van der Waals surface area contributed by atoms with Gasteiger partial charge >= 0.3 is 5.97 Å². The summed E-state index contributed by atoms with van der Waals surface area (Å²) in [7, 11) is 0. The number of aryl methyl sites for hydroxylation is 1. The number of hydrogen-bond acceptors (Lipinski definition) is 4. The Bertz CT molecular complexity index is 817. The number of fused-ring (bicyclic) bond motifs is 1. The molecule has 0 aliphatic carbocycles. The minimum absolute atomic E-state index is 0.185. The van der Waals surface area contributed by atoms with Gasteiger partial charge in [-0.15, -0.1) is 0 Å². The molecular weight excluding hydrogens is 292 g/mol. The second-order valence-corrected chi connectivity index (χ2v) is 5.14. The van der Waals surface area contributed by atoms with Gasteiger partial charge in [-0.2, -0.15) is 0 Å². The SMILES string of the molecule is CCc1ccc(C(=O)COC(=O)c2cn3ccccc3n2)cc1. The molecule has 0 aliphatic heterocycles. The van der Waals surface area contributed by atoms with Gasteiger partial charge in [0, 0.05) is 18.0 Å². The summed E-state index contributed by atoms with van der Waals surface area (Å²) in [5.74, 6) is -0.836. The Kier molecular flexibility index (Phi) is 4.19. The lowest BCUT2D eigenvalue weighted by Gasteiger charge is -2.03. The highest BCUT2D eigenvalue weighted by atomic mass is 16.5. The number of hydrogen-bond donors (Lipinski definition) is 0. The molecule has 0 fully saturated rings. The fraction of sp³-hybridized carbons (Fsp3) is 0.167. The second-order valence-electron chi connectivity index (χ2n) is 5.14. The highest BCUT2D eigenvalue weighted by Gasteiger charge is 2.14. The summed E-state index contributed by atoms with van der Waals surface area (Å²) in [6.45, 7) is 1.76. The average Bonchev–Trinajstić information content (AvgIpc) is 3.03. The van der Waals surface area contributed by atoms with Crippen LogP contribution in [-0.2, 0) is 11.2 Å². The van der Waals surface area contributed by atoms with Crippen molar-refractivity contribution in [2.45, 2.75) is 13.3 Å². The van der Waals surface area contributed by atoms with Crippen LogP contribution < -0.4 is 0 Å². The zero-order valence-corrected chi connectivity index (χ0v) is 12.7. The molecule has 0 aliphatic rings. The number of imidazole rings is 1. The molecule has 0 amide bonds. The minimum atomic E-state index is -0.604. The van der Waals surface area contributed by atoms with Gasteiger partial charge in [-0.05, 0) is 24.1 Å². The predicted molar refractivity (Wildman–Crippen MR) is 85.6 cm³/mol. The van der Waals surface area contributed by atoms with E-state index in [0.29, 0.717) is 11.2 Å². The van der Waals surface area contributed by atoms with Crippen molar-refractivity contribution in [2.24, 2.45) is 0 Å². The molecule has 3 rings (SSSR count). The molecule has 5 nitrogen and oxygen atoms in total. The normalized spacial score (nSPS) is 10.7. The van der Waals surface area contributed by atoms with Gasteiger partial charge in [-0.3, -0.25) is 4.79 Å². The van der Waals surface area contributed by atoms with Crippen LogP contribution in [0.4, 0.5) is 0 Å². The lowest BCUT2D eigenvalue weighted by molar-refractivity contribution is 0.0469. The van der Waals surface area contributed by atoms with E-state index in [0.717, 1.165) is 12.0 Å². The summed E-state index contributed by atoms with van der Waals surface area (Å²) in [6.07, 6.45) is 4.29. The van der Waals surface area contributed by atoms with Crippen molar-refractivity contribution in [3.05, 3.63) is 71.7 Å². The maximum absolute atomic E-state index is 12.0. The largest absolute Gasteiger partial charge is 0.453 e. The van der Waals surface area contributed by atoms with Gasteiger partial charge in [0.05, 0.1) is 0 Å². The zero-order chi connectivity index (χ0) is 16.2. The molecule has 0 atom stereocenters. The Morgan fingerprint density at radius 2 is 1.91 bits per heavy atom. The van der Waals surface area contributed by atoms with Crippen LogP contribution in [0.1, 0.15) is 33.3 Å². The molecule has 0 spiro atoms. The second kappa shape index (κ2) is 6.44. The first-order valence-electron chi connectivity index (χ1n) is 7.40. The quantitative estimate of drug-likeness (QED) is 0.537. The van der Waals surface area contributed by atoms with E-state index in [-0.39, 0.29) is 18.1 Å². The Morgan fingerprint density at radius 1 is 1.13 bits per heavy atom. The van der Waals surface area contributed by atoms with Crippen LogP contribution in [0.25, 0.3) is 5.65 Å². The molecule has 0 N–H and O–H groups in total. The van der Waals surface area contributed by atoms with Crippen LogP contribution in [0.15, 0.2) is 54.9 Å². The standard InChI is InChI=1S/C18H16N2O3/c1-2-13-6-8-14(9-7-13)16(21)12-23-18(22)15-11-20-10-4-3-5-17(20)19-15/h3-11H,2,12H2,1H3. The van der Waals surface area contributed by atoms with Crippen molar-refractivity contribution in [1.29, 1.82) is 0 Å². The van der Waals surface area contributed by atoms with E-state index in [1.807, 2.05) is 31.2 Å². The molecule has 0 bridgehead atoms. The van der Waals surface area contributed by atoms with E-state index >= 15 is 0 Å². The van der Waals surface area contributed by atoms with Gasteiger partial charge < -0.3 is 9.14 Å². The Labute approximate surface area is 133 Å². The van der Waals surface area contributed by atoms with Gasteiger partial charge in [0.1, 0.15) is 5.65 Å². The van der Waals surface area contributed by atoms with Crippen LogP contribution in [0.5, 0.6) is 0 Å². The summed E-state index contributed by atoms with van der Waals surface area (Å²) >= 11 is 0. The molecular formula is C18H16N2O3. The lowest BCUT2D eigenvalue weighted by Crippen LogP contribution is -2.14. The van der Waals surface area contributed by atoms with Crippen molar-refractivity contribution in [2.75, 3.05) is 6.61 Å². The summed E-state index contributed by atoms with van der Waals surface area (Å²) in [6, 6.07) is 12.8. The van der Waals surface area contributed by atoms with Crippen molar-refractivity contribution < 1.29 is 14.3 Å². The van der Waals surface area contributed by atoms with E-state index in [2.05, 4.69) is 4.98 Å². The number of rotatable bonds is 5. The fourth-order valence-electron chi connectivity index (χ4n) is 2.25. The fourth-order valence-corrected chi connectivity index (χ4v) is 2.25. The van der Waals surface area contributed by atoms with Gasteiger partial charge in [0.2, 0.25) is 0 Å². The molecule has 0 saturated carbocycles. The number of Topliss-reactive ketones (excluding diaryl/α,β-unsaturated/α-hetero) is 1. The number of nitrogens with zero attached hydrogens (tertiary/aromatic N) is 2. The smallest absolute Gasteiger partial charge is 0.359 e. The summed E-state index contributed by atoms with van der Waals surface area (Å²) in [4.78, 5) is 28.2. The minimum Gasteiger partial charge on any atom is -0.453 e. The third kappa shape index (κ3) is 3.29. The number of pyridine rings is 1. The van der Waals surface area contributed by atoms with Crippen LogP contribution >= 0.6 is 0 Å². The predicted octanol–water partition coefficient (Wildman–Crippen LogP) is 2.94. The molecule has 116 valence electrons. The van der Waals surface area contributed by atoms with Gasteiger partial charge in [0.15, 0.2) is 18.1 Å². The molecule has 0 unspecified atom stereocenters. The highest BCUT2D eigenvalue weighted by molar-refractivity contribution is 5.99. The molecule has 2 aromatic heterocycles. The maximum atomic E-state index is 12.0. The van der Waals surface area contributed by atoms with Crippen molar-refractivity contribution in [3.8, 4) is 0 Å². The summed E-state index contributed by atoms with van der Waals surface area (Å²) < 4.78 is 6.79. The Hall–Kier alpha value is -2.95.